The number of carbonyl (C=O) groups is 2. The quantitative estimate of drug-likeness (QED) is 0.858. The summed E-state index contributed by atoms with van der Waals surface area (Å²) in [7, 11) is 7.13. The monoisotopic (exact) mass is 371 g/mol. The summed E-state index contributed by atoms with van der Waals surface area (Å²) in [5.41, 5.74) is 1.41. The minimum atomic E-state index is -0.103. The van der Waals surface area contributed by atoms with Gasteiger partial charge in [-0.3, -0.25) is 9.59 Å². The summed E-state index contributed by atoms with van der Waals surface area (Å²) >= 11 is 0. The second-order valence-corrected chi connectivity index (χ2v) is 6.95. The number of nitrogens with zero attached hydrogens (tertiary/aromatic N) is 4. The highest BCUT2D eigenvalue weighted by molar-refractivity contribution is 5.95. The van der Waals surface area contributed by atoms with Gasteiger partial charge in [0, 0.05) is 46.1 Å². The normalized spacial score (nSPS) is 15.7. The van der Waals surface area contributed by atoms with Gasteiger partial charge in [-0.2, -0.15) is 0 Å². The number of imidazole rings is 1. The maximum absolute atomic E-state index is 12.6. The molecular weight excluding hydrogens is 346 g/mol. The van der Waals surface area contributed by atoms with E-state index in [0.29, 0.717) is 25.1 Å². The number of likely N-dealkylation sites (N-methyl/N-ethyl adjacent to an activating group) is 1. The third kappa shape index (κ3) is 4.05. The lowest BCUT2D eigenvalue weighted by Crippen LogP contribution is -2.44. The molecule has 2 heterocycles. The first kappa shape index (κ1) is 18.8. The molecule has 1 N–H and O–H groups in total. The lowest BCUT2D eigenvalue weighted by molar-refractivity contribution is -0.131. The maximum atomic E-state index is 12.6. The number of carbonyl (C=O) groups excluding carboxylic acids is 2. The van der Waals surface area contributed by atoms with Crippen LogP contribution < -0.4 is 9.64 Å². The van der Waals surface area contributed by atoms with Crippen molar-refractivity contribution in [3.8, 4) is 5.75 Å². The van der Waals surface area contributed by atoms with Crippen LogP contribution in [0.5, 0.6) is 5.75 Å². The number of fused-ring (bicyclic) bond motifs is 1. The Morgan fingerprint density at radius 1 is 1.33 bits per heavy atom. The molecule has 8 nitrogen and oxygen atoms in total. The number of anilines is 1. The summed E-state index contributed by atoms with van der Waals surface area (Å²) < 4.78 is 5.83. The molecule has 2 amide bonds. The summed E-state index contributed by atoms with van der Waals surface area (Å²) in [6.45, 7) is 0.853. The van der Waals surface area contributed by atoms with Crippen molar-refractivity contribution in [2.24, 2.45) is 0 Å². The number of rotatable bonds is 5. The van der Waals surface area contributed by atoms with Gasteiger partial charge in [-0.1, -0.05) is 0 Å². The molecule has 0 aliphatic carbocycles. The molecule has 1 aromatic carbocycles. The molecule has 3 rings (SSSR count). The smallest absolute Gasteiger partial charge is 0.253 e. The Hall–Kier alpha value is -3.03. The van der Waals surface area contributed by atoms with Crippen molar-refractivity contribution < 1.29 is 14.3 Å². The zero-order valence-corrected chi connectivity index (χ0v) is 16.1. The van der Waals surface area contributed by atoms with Crippen LogP contribution in [0.2, 0.25) is 0 Å². The predicted molar refractivity (Wildman–Crippen MR) is 102 cm³/mol. The first-order valence-electron chi connectivity index (χ1n) is 8.80. The lowest BCUT2D eigenvalue weighted by atomic mass is 10.1. The van der Waals surface area contributed by atoms with Crippen LogP contribution >= 0.6 is 0 Å². The fourth-order valence-corrected chi connectivity index (χ4v) is 3.05. The van der Waals surface area contributed by atoms with Crippen molar-refractivity contribution >= 4 is 17.5 Å². The van der Waals surface area contributed by atoms with E-state index in [1.807, 2.05) is 24.1 Å². The van der Waals surface area contributed by atoms with Gasteiger partial charge in [0.15, 0.2) is 0 Å². The van der Waals surface area contributed by atoms with E-state index in [2.05, 4.69) is 9.97 Å². The van der Waals surface area contributed by atoms with Crippen LogP contribution in [0.15, 0.2) is 30.6 Å². The van der Waals surface area contributed by atoms with Gasteiger partial charge in [-0.25, -0.2) is 4.98 Å². The molecule has 8 heteroatoms. The van der Waals surface area contributed by atoms with Crippen LogP contribution in [0.4, 0.5) is 5.69 Å². The van der Waals surface area contributed by atoms with Crippen LogP contribution in [0.25, 0.3) is 0 Å². The first-order valence-corrected chi connectivity index (χ1v) is 8.80. The fourth-order valence-electron chi connectivity index (χ4n) is 3.05. The van der Waals surface area contributed by atoms with Crippen LogP contribution in [0.1, 0.15) is 22.6 Å². The highest BCUT2D eigenvalue weighted by Crippen LogP contribution is 2.34. The van der Waals surface area contributed by atoms with Gasteiger partial charge in [0.2, 0.25) is 5.91 Å². The number of ether oxygens (including phenoxy) is 1. The molecular formula is C19H25N5O3. The van der Waals surface area contributed by atoms with Gasteiger partial charge in [0.1, 0.15) is 18.2 Å². The molecule has 0 radical (unpaired) electrons. The standard InChI is InChI=1S/C19H25N5O3/c1-22(2)19(26)13-5-6-16-15(9-13)24(4)14(12-27-16)10-18(25)23(3)11-17-20-7-8-21-17/h5-9,14H,10-12H2,1-4H3,(H,20,21)/t14-/m0/s1. The number of amides is 2. The summed E-state index contributed by atoms with van der Waals surface area (Å²) in [4.78, 5) is 37.2. The highest BCUT2D eigenvalue weighted by atomic mass is 16.5. The Morgan fingerprint density at radius 2 is 2.11 bits per heavy atom. The minimum absolute atomic E-state index is 0.0100. The van der Waals surface area contributed by atoms with Crippen molar-refractivity contribution in [1.29, 1.82) is 0 Å². The molecule has 0 unspecified atom stereocenters. The van der Waals surface area contributed by atoms with E-state index in [-0.39, 0.29) is 17.9 Å². The summed E-state index contributed by atoms with van der Waals surface area (Å²) in [6.07, 6.45) is 3.72. The van der Waals surface area contributed by atoms with E-state index in [1.165, 1.54) is 4.90 Å². The lowest BCUT2D eigenvalue weighted by Gasteiger charge is -2.36. The first-order chi connectivity index (χ1) is 12.9. The molecule has 0 spiro atoms. The minimum Gasteiger partial charge on any atom is -0.489 e. The van der Waals surface area contributed by atoms with Crippen molar-refractivity contribution in [1.82, 2.24) is 19.8 Å². The third-order valence-electron chi connectivity index (χ3n) is 4.75. The molecule has 1 aromatic heterocycles. The topological polar surface area (TPSA) is 81.8 Å². The van der Waals surface area contributed by atoms with E-state index in [0.717, 1.165) is 17.3 Å². The molecule has 1 aliphatic rings. The van der Waals surface area contributed by atoms with Crippen LogP contribution in [0.3, 0.4) is 0 Å². The number of hydrogen-bond acceptors (Lipinski definition) is 5. The molecule has 0 saturated heterocycles. The third-order valence-corrected chi connectivity index (χ3v) is 4.75. The molecule has 27 heavy (non-hydrogen) atoms. The van der Waals surface area contributed by atoms with E-state index in [4.69, 9.17) is 4.74 Å². The maximum Gasteiger partial charge on any atom is 0.253 e. The highest BCUT2D eigenvalue weighted by Gasteiger charge is 2.28. The van der Waals surface area contributed by atoms with Gasteiger partial charge < -0.3 is 24.4 Å². The molecule has 1 aliphatic heterocycles. The number of aromatic amines is 1. The Kier molecular flexibility index (Phi) is 5.34. The predicted octanol–water partition coefficient (Wildman–Crippen LogP) is 1.36. The Labute approximate surface area is 158 Å². The summed E-state index contributed by atoms with van der Waals surface area (Å²) in [6, 6.07) is 5.29. The Morgan fingerprint density at radius 3 is 2.78 bits per heavy atom. The van der Waals surface area contributed by atoms with Crippen molar-refractivity contribution in [3.05, 3.63) is 42.0 Å². The van der Waals surface area contributed by atoms with E-state index >= 15 is 0 Å². The second kappa shape index (κ2) is 7.69. The molecule has 1 atom stereocenters. The van der Waals surface area contributed by atoms with Gasteiger partial charge in [-0.05, 0) is 18.2 Å². The number of H-pyrrole nitrogens is 1. The Bertz CT molecular complexity index is 819. The fraction of sp³-hybridized carbons (Fsp3) is 0.421. The summed E-state index contributed by atoms with van der Waals surface area (Å²) in [5.74, 6) is 1.41. The van der Waals surface area contributed by atoms with Gasteiger partial charge >= 0.3 is 0 Å². The average Bonchev–Trinajstić information content (AvgIpc) is 3.16. The van der Waals surface area contributed by atoms with E-state index in [1.54, 1.807) is 44.5 Å². The number of hydrogen-bond donors (Lipinski definition) is 1. The zero-order valence-electron chi connectivity index (χ0n) is 16.1. The molecule has 2 aromatic rings. The van der Waals surface area contributed by atoms with Crippen molar-refractivity contribution in [3.63, 3.8) is 0 Å². The molecule has 0 saturated carbocycles. The van der Waals surface area contributed by atoms with E-state index < -0.39 is 0 Å². The SMILES string of the molecule is CN(C)C(=O)c1ccc2c(c1)N(C)[C@@H](CC(=O)N(C)Cc1ncc[nH]1)CO2. The van der Waals surface area contributed by atoms with Gasteiger partial charge in [-0.15, -0.1) is 0 Å². The van der Waals surface area contributed by atoms with Crippen molar-refractivity contribution in [2.75, 3.05) is 39.7 Å². The zero-order chi connectivity index (χ0) is 19.6. The van der Waals surface area contributed by atoms with E-state index in [9.17, 15) is 9.59 Å². The van der Waals surface area contributed by atoms with Crippen LogP contribution in [-0.4, -0.2) is 72.4 Å². The average molecular weight is 371 g/mol. The molecule has 0 bridgehead atoms. The summed E-state index contributed by atoms with van der Waals surface area (Å²) in [5, 5.41) is 0. The number of nitrogens with one attached hydrogen (secondary N) is 1. The largest absolute Gasteiger partial charge is 0.489 e. The van der Waals surface area contributed by atoms with Crippen LogP contribution in [-0.2, 0) is 11.3 Å². The van der Waals surface area contributed by atoms with Crippen LogP contribution in [0, 0.1) is 0 Å². The molecule has 144 valence electrons. The second-order valence-electron chi connectivity index (χ2n) is 6.95. The van der Waals surface area contributed by atoms with Gasteiger partial charge in [0.05, 0.1) is 24.7 Å². The molecule has 0 fully saturated rings. The number of benzene rings is 1. The van der Waals surface area contributed by atoms with Crippen molar-refractivity contribution in [2.45, 2.75) is 19.0 Å². The number of aromatic nitrogens is 2. The van der Waals surface area contributed by atoms with Gasteiger partial charge in [0.25, 0.3) is 5.91 Å². The Balaban J connectivity index is 1.70.